The smallest absolute Gasteiger partial charge is 0.0708 e. The van der Waals surface area contributed by atoms with Gasteiger partial charge in [0.1, 0.15) is 0 Å². The van der Waals surface area contributed by atoms with Gasteiger partial charge < -0.3 is 0 Å². The largest absolute Gasteiger partial charge is 0.253 e. The van der Waals surface area contributed by atoms with Crippen LogP contribution in [0.5, 0.6) is 0 Å². The average Bonchev–Trinajstić information content (AvgIpc) is 3.28. The summed E-state index contributed by atoms with van der Waals surface area (Å²) in [5, 5.41) is 1.36. The summed E-state index contributed by atoms with van der Waals surface area (Å²) in [5.74, 6) is 3.10. The van der Waals surface area contributed by atoms with Gasteiger partial charge in [0.05, 0.1) is 5.52 Å². The topological polar surface area (TPSA) is 12.9 Å². The average molecular weight is 350 g/mol. The number of hydrogen-bond donors (Lipinski definition) is 0. The summed E-state index contributed by atoms with van der Waals surface area (Å²) in [6.07, 6.45) is 5.86. The molecule has 4 rings (SSSR count). The molecular weight excluding hydrogens is 314 g/mol. The summed E-state index contributed by atoms with van der Waals surface area (Å²) in [4.78, 5) is 4.76. The van der Waals surface area contributed by atoms with Crippen molar-refractivity contribution in [1.82, 2.24) is 4.98 Å². The van der Waals surface area contributed by atoms with Crippen LogP contribution in [0.3, 0.4) is 0 Å². The SMILES string of the molecule is C=CC1CC(C)C2C(C)C2(c2ccc3nc(C)cc(CC)c3c2)C1.CC. The number of hydrogen-bond acceptors (Lipinski definition) is 1. The zero-order valence-electron chi connectivity index (χ0n) is 17.5. The van der Waals surface area contributed by atoms with E-state index in [4.69, 9.17) is 4.98 Å². The lowest BCUT2D eigenvalue weighted by atomic mass is 9.72. The van der Waals surface area contributed by atoms with Gasteiger partial charge in [-0.25, -0.2) is 0 Å². The maximum atomic E-state index is 4.76. The highest BCUT2D eigenvalue weighted by molar-refractivity contribution is 5.83. The third kappa shape index (κ3) is 2.80. The van der Waals surface area contributed by atoms with Crippen LogP contribution in [0.2, 0.25) is 0 Å². The van der Waals surface area contributed by atoms with E-state index in [2.05, 4.69) is 64.6 Å². The minimum Gasteiger partial charge on any atom is -0.253 e. The minimum absolute atomic E-state index is 0.376. The van der Waals surface area contributed by atoms with Gasteiger partial charge in [-0.3, -0.25) is 4.98 Å². The van der Waals surface area contributed by atoms with Crippen LogP contribution in [0.4, 0.5) is 0 Å². The van der Waals surface area contributed by atoms with Crippen molar-refractivity contribution in [2.45, 2.75) is 66.2 Å². The lowest BCUT2D eigenvalue weighted by Gasteiger charge is -2.32. The Kier molecular flexibility index (Phi) is 5.28. The molecule has 140 valence electrons. The van der Waals surface area contributed by atoms with Gasteiger partial charge in [-0.05, 0) is 79.2 Å². The fourth-order valence-electron chi connectivity index (χ4n) is 5.91. The molecule has 0 N–H and O–H groups in total. The van der Waals surface area contributed by atoms with Crippen molar-refractivity contribution in [1.29, 1.82) is 0 Å². The van der Waals surface area contributed by atoms with Crippen molar-refractivity contribution >= 4 is 10.9 Å². The Morgan fingerprint density at radius 2 is 1.96 bits per heavy atom. The molecule has 2 aliphatic rings. The molecule has 1 nitrogen and oxygen atoms in total. The quantitative estimate of drug-likeness (QED) is 0.551. The van der Waals surface area contributed by atoms with Crippen molar-refractivity contribution in [2.75, 3.05) is 0 Å². The van der Waals surface area contributed by atoms with Crippen LogP contribution in [-0.4, -0.2) is 4.98 Å². The van der Waals surface area contributed by atoms with Crippen LogP contribution in [0.15, 0.2) is 36.9 Å². The molecule has 26 heavy (non-hydrogen) atoms. The normalized spacial score (nSPS) is 32.4. The second-order valence-electron chi connectivity index (χ2n) is 8.28. The van der Waals surface area contributed by atoms with Gasteiger partial charge in [0.2, 0.25) is 0 Å². The van der Waals surface area contributed by atoms with Crippen molar-refractivity contribution < 1.29 is 0 Å². The number of benzene rings is 1. The minimum atomic E-state index is 0.376. The molecular formula is C25H35N. The zero-order chi connectivity index (χ0) is 19.1. The Balaban J connectivity index is 0.000000948. The van der Waals surface area contributed by atoms with Crippen LogP contribution in [0.1, 0.15) is 64.3 Å². The van der Waals surface area contributed by atoms with Gasteiger partial charge in [-0.15, -0.1) is 6.58 Å². The van der Waals surface area contributed by atoms with E-state index < -0.39 is 0 Å². The summed E-state index contributed by atoms with van der Waals surface area (Å²) >= 11 is 0. The number of allylic oxidation sites excluding steroid dienone is 1. The highest BCUT2D eigenvalue weighted by Crippen LogP contribution is 2.69. The fraction of sp³-hybridized carbons (Fsp3) is 0.560. The number of aromatic nitrogens is 1. The highest BCUT2D eigenvalue weighted by Gasteiger charge is 2.66. The number of pyridine rings is 1. The van der Waals surface area contributed by atoms with Crippen LogP contribution in [0, 0.1) is 30.6 Å². The van der Waals surface area contributed by atoms with Gasteiger partial charge >= 0.3 is 0 Å². The van der Waals surface area contributed by atoms with Gasteiger partial charge in [-0.1, -0.05) is 46.8 Å². The number of nitrogens with zero attached hydrogens (tertiary/aromatic N) is 1. The maximum Gasteiger partial charge on any atom is 0.0708 e. The van der Waals surface area contributed by atoms with Crippen molar-refractivity contribution in [3.8, 4) is 0 Å². The molecule has 1 heteroatoms. The van der Waals surface area contributed by atoms with Crippen LogP contribution < -0.4 is 0 Å². The first-order chi connectivity index (χ1) is 12.5. The second kappa shape index (κ2) is 7.18. The molecule has 0 bridgehead atoms. The van der Waals surface area contributed by atoms with Gasteiger partial charge in [0.25, 0.3) is 0 Å². The standard InChI is InChI=1S/C23H29N.C2H6/c1-6-17-10-14(3)22-16(5)23(22,13-17)19-8-9-21-20(12-19)18(7-2)11-15(4)24-21;1-2/h6,8-9,11-12,14,16-17,22H,1,7,10,13H2,2-5H3;1-2H3. The van der Waals surface area contributed by atoms with Gasteiger partial charge in [0, 0.05) is 16.5 Å². The highest BCUT2D eigenvalue weighted by atomic mass is 14.7. The first-order valence-electron chi connectivity index (χ1n) is 10.5. The monoisotopic (exact) mass is 349 g/mol. The molecule has 0 radical (unpaired) electrons. The predicted molar refractivity (Wildman–Crippen MR) is 114 cm³/mol. The van der Waals surface area contributed by atoms with E-state index in [-0.39, 0.29) is 0 Å². The molecule has 5 unspecified atom stereocenters. The van der Waals surface area contributed by atoms with E-state index in [0.717, 1.165) is 35.4 Å². The first kappa shape index (κ1) is 19.1. The Morgan fingerprint density at radius 3 is 2.62 bits per heavy atom. The molecule has 1 heterocycles. The van der Waals surface area contributed by atoms with Gasteiger partial charge in [0.15, 0.2) is 0 Å². The molecule has 0 aliphatic heterocycles. The lowest BCUT2D eigenvalue weighted by Crippen LogP contribution is -2.25. The van der Waals surface area contributed by atoms with Crippen molar-refractivity contribution in [2.24, 2.45) is 23.7 Å². The molecule has 2 saturated carbocycles. The molecule has 1 aromatic carbocycles. The number of fused-ring (bicyclic) bond motifs is 2. The van der Waals surface area contributed by atoms with Crippen LogP contribution in [0.25, 0.3) is 10.9 Å². The van der Waals surface area contributed by atoms with Crippen molar-refractivity contribution in [3.63, 3.8) is 0 Å². The van der Waals surface area contributed by atoms with E-state index in [1.165, 1.54) is 23.8 Å². The third-order valence-corrected chi connectivity index (χ3v) is 7.00. The Morgan fingerprint density at radius 1 is 1.23 bits per heavy atom. The van der Waals surface area contributed by atoms with E-state index >= 15 is 0 Å². The molecule has 5 atom stereocenters. The van der Waals surface area contributed by atoms with E-state index in [1.54, 1.807) is 5.56 Å². The van der Waals surface area contributed by atoms with E-state index in [9.17, 15) is 0 Å². The zero-order valence-corrected chi connectivity index (χ0v) is 17.5. The first-order valence-corrected chi connectivity index (χ1v) is 10.5. The summed E-state index contributed by atoms with van der Waals surface area (Å²) in [5.41, 5.74) is 5.64. The molecule has 2 aliphatic carbocycles. The van der Waals surface area contributed by atoms with Crippen LogP contribution >= 0.6 is 0 Å². The summed E-state index contributed by atoms with van der Waals surface area (Å²) in [6.45, 7) is 17.4. The lowest BCUT2D eigenvalue weighted by molar-refractivity contribution is 0.279. The van der Waals surface area contributed by atoms with E-state index in [0.29, 0.717) is 11.3 Å². The molecule has 0 spiro atoms. The molecule has 2 fully saturated rings. The Bertz CT molecular complexity index is 805. The molecule has 0 amide bonds. The third-order valence-electron chi connectivity index (χ3n) is 7.00. The second-order valence-corrected chi connectivity index (χ2v) is 8.28. The number of rotatable bonds is 3. The van der Waals surface area contributed by atoms with Gasteiger partial charge in [-0.2, -0.15) is 0 Å². The predicted octanol–water partition coefficient (Wildman–Crippen LogP) is 6.87. The maximum absolute atomic E-state index is 4.76. The summed E-state index contributed by atoms with van der Waals surface area (Å²) in [7, 11) is 0. The summed E-state index contributed by atoms with van der Waals surface area (Å²) < 4.78 is 0. The Hall–Kier alpha value is -1.63. The molecule has 1 aromatic heterocycles. The molecule has 0 saturated heterocycles. The summed E-state index contributed by atoms with van der Waals surface area (Å²) in [6, 6.07) is 9.35. The fourth-order valence-corrected chi connectivity index (χ4v) is 5.91. The van der Waals surface area contributed by atoms with E-state index in [1.807, 2.05) is 13.8 Å². The number of aryl methyl sites for hydroxylation is 2. The van der Waals surface area contributed by atoms with Crippen molar-refractivity contribution in [3.05, 3.63) is 53.7 Å². The molecule has 2 aromatic rings. The van der Waals surface area contributed by atoms with Crippen LogP contribution in [-0.2, 0) is 11.8 Å². The Labute approximate surface area is 159 Å².